The lowest BCUT2D eigenvalue weighted by Crippen LogP contribution is -2.21. The van der Waals surface area contributed by atoms with Gasteiger partial charge in [0.25, 0.3) is 0 Å². The van der Waals surface area contributed by atoms with Gasteiger partial charge in [0.15, 0.2) is 7.28 Å². The van der Waals surface area contributed by atoms with Crippen LogP contribution in [0.25, 0.3) is 22.3 Å². The van der Waals surface area contributed by atoms with E-state index < -0.39 is 0 Å². The van der Waals surface area contributed by atoms with Crippen molar-refractivity contribution in [2.75, 3.05) is 0 Å². The Kier molecular flexibility index (Phi) is 5.91. The molecule has 0 aliphatic rings. The summed E-state index contributed by atoms with van der Waals surface area (Å²) in [5, 5.41) is 0. The van der Waals surface area contributed by atoms with Gasteiger partial charge in [0.2, 0.25) is 0 Å². The predicted octanol–water partition coefficient (Wildman–Crippen LogP) is 5.18. The molecule has 26 heavy (non-hydrogen) atoms. The van der Waals surface area contributed by atoms with E-state index in [4.69, 9.17) is 6.42 Å². The fourth-order valence-electron chi connectivity index (χ4n) is 3.17. The third-order valence-corrected chi connectivity index (χ3v) is 4.49. The second-order valence-corrected chi connectivity index (χ2v) is 6.10. The van der Waals surface area contributed by atoms with Crippen molar-refractivity contribution in [2.24, 2.45) is 0 Å². The first-order valence-corrected chi connectivity index (χ1v) is 8.84. The lowest BCUT2D eigenvalue weighted by Gasteiger charge is -2.16. The molecule has 0 aromatic heterocycles. The van der Waals surface area contributed by atoms with E-state index in [1.54, 1.807) is 6.08 Å². The molecule has 0 N–H and O–H groups in total. The van der Waals surface area contributed by atoms with Crippen LogP contribution in [0.3, 0.4) is 0 Å². The Morgan fingerprint density at radius 2 is 1.35 bits per heavy atom. The van der Waals surface area contributed by atoms with E-state index in [9.17, 15) is 0 Å². The molecule has 1 heteroatoms. The second kappa shape index (κ2) is 8.74. The van der Waals surface area contributed by atoms with Crippen molar-refractivity contribution >= 4 is 12.7 Å². The Balaban J connectivity index is 2.17. The maximum absolute atomic E-state index is 5.40. The minimum absolute atomic E-state index is 0.837. The lowest BCUT2D eigenvalue weighted by molar-refractivity contribution is 1.61. The van der Waals surface area contributed by atoms with Crippen LogP contribution in [-0.2, 0) is 0 Å². The van der Waals surface area contributed by atoms with E-state index >= 15 is 0 Å². The topological polar surface area (TPSA) is 0 Å². The average Bonchev–Trinajstić information content (AvgIpc) is 2.72. The molecule has 0 aliphatic heterocycles. The van der Waals surface area contributed by atoms with Gasteiger partial charge in [-0.3, -0.25) is 0 Å². The average molecular weight is 332 g/mol. The highest BCUT2D eigenvalue weighted by atomic mass is 14.1. The van der Waals surface area contributed by atoms with Gasteiger partial charge in [-0.1, -0.05) is 108 Å². The van der Waals surface area contributed by atoms with Gasteiger partial charge in [-0.2, -0.15) is 0 Å². The summed E-state index contributed by atoms with van der Waals surface area (Å²) in [6.07, 6.45) is 11.3. The summed E-state index contributed by atoms with van der Waals surface area (Å²) in [7, 11) is 0.837. The van der Waals surface area contributed by atoms with Crippen molar-refractivity contribution in [2.45, 2.75) is 6.92 Å². The first-order chi connectivity index (χ1) is 12.8. The molecule has 0 heterocycles. The number of hydrogen-bond acceptors (Lipinski definition) is 0. The fraction of sp³-hybridized carbons (Fsp3) is 0.0400. The number of terminal acetylenes is 1. The van der Waals surface area contributed by atoms with Crippen LogP contribution >= 0.6 is 0 Å². The molecule has 124 valence electrons. The van der Waals surface area contributed by atoms with Gasteiger partial charge in [0.1, 0.15) is 0 Å². The van der Waals surface area contributed by atoms with Crippen molar-refractivity contribution in [3.05, 3.63) is 103 Å². The zero-order valence-electron chi connectivity index (χ0n) is 15.0. The Labute approximate surface area is 157 Å². The van der Waals surface area contributed by atoms with E-state index in [0.717, 1.165) is 7.28 Å². The molecule has 0 nitrogen and oxygen atoms in total. The van der Waals surface area contributed by atoms with Crippen LogP contribution in [0.15, 0.2) is 103 Å². The summed E-state index contributed by atoms with van der Waals surface area (Å²) in [5.74, 6) is 2.59. The molecule has 0 saturated heterocycles. The van der Waals surface area contributed by atoms with Gasteiger partial charge in [0.05, 0.1) is 0 Å². The minimum atomic E-state index is 0.837. The van der Waals surface area contributed by atoms with Gasteiger partial charge in [-0.25, -0.2) is 0 Å². The van der Waals surface area contributed by atoms with Crippen LogP contribution < -0.4 is 5.46 Å². The highest BCUT2D eigenvalue weighted by molar-refractivity contribution is 6.65. The van der Waals surface area contributed by atoms with E-state index in [-0.39, 0.29) is 0 Å². The molecule has 3 rings (SSSR count). The summed E-state index contributed by atoms with van der Waals surface area (Å²) in [6, 6.07) is 27.7. The van der Waals surface area contributed by atoms with Crippen LogP contribution in [0.4, 0.5) is 0 Å². The Morgan fingerprint density at radius 1 is 0.808 bits per heavy atom. The Hall–Kier alpha value is -3.24. The van der Waals surface area contributed by atoms with Gasteiger partial charge in [-0.05, 0) is 35.3 Å². The maximum Gasteiger partial charge on any atom is 0.193 e. The van der Waals surface area contributed by atoms with Crippen molar-refractivity contribution in [1.29, 1.82) is 0 Å². The monoisotopic (exact) mass is 332 g/mol. The molecule has 3 aromatic carbocycles. The number of rotatable bonds is 5. The molecule has 0 spiro atoms. The van der Waals surface area contributed by atoms with E-state index in [1.807, 2.05) is 6.08 Å². The molecule has 0 fully saturated rings. The number of hydrogen-bond donors (Lipinski definition) is 0. The molecular formula is C25H21B. The quantitative estimate of drug-likeness (QED) is 0.343. The van der Waals surface area contributed by atoms with Crippen LogP contribution in [0.5, 0.6) is 0 Å². The maximum atomic E-state index is 5.40. The molecule has 0 atom stereocenters. The molecule has 0 unspecified atom stereocenters. The van der Waals surface area contributed by atoms with Crippen LogP contribution in [0.1, 0.15) is 6.92 Å². The van der Waals surface area contributed by atoms with Gasteiger partial charge >= 0.3 is 0 Å². The highest BCUT2D eigenvalue weighted by Crippen LogP contribution is 2.24. The highest BCUT2D eigenvalue weighted by Gasteiger charge is 2.13. The summed E-state index contributed by atoms with van der Waals surface area (Å²) in [4.78, 5) is 0. The predicted molar refractivity (Wildman–Crippen MR) is 116 cm³/mol. The van der Waals surface area contributed by atoms with Crippen LogP contribution in [0, 0.1) is 12.3 Å². The first kappa shape index (κ1) is 17.6. The molecule has 0 saturated carbocycles. The second-order valence-electron chi connectivity index (χ2n) is 6.10. The lowest BCUT2D eigenvalue weighted by atomic mass is 9.58. The van der Waals surface area contributed by atoms with Crippen LogP contribution in [0.2, 0.25) is 0 Å². The fourth-order valence-corrected chi connectivity index (χ4v) is 3.17. The summed E-state index contributed by atoms with van der Waals surface area (Å²) in [5.41, 5.74) is 7.53. The zero-order chi connectivity index (χ0) is 18.2. The van der Waals surface area contributed by atoms with Gasteiger partial charge in [-0.15, -0.1) is 6.42 Å². The van der Waals surface area contributed by atoms with Gasteiger partial charge < -0.3 is 0 Å². The SMILES string of the molecule is C#C/C=C\C(Bc1c(-c2ccccc2)cccc1-c1ccccc1)=C/C. The smallest absolute Gasteiger partial charge is 0.115 e. The molecular weight excluding hydrogens is 311 g/mol. The summed E-state index contributed by atoms with van der Waals surface area (Å²) < 4.78 is 0. The van der Waals surface area contributed by atoms with Crippen molar-refractivity contribution in [1.82, 2.24) is 0 Å². The molecule has 0 bridgehead atoms. The largest absolute Gasteiger partial charge is 0.193 e. The van der Waals surface area contributed by atoms with E-state index in [1.165, 1.54) is 33.2 Å². The van der Waals surface area contributed by atoms with Crippen molar-refractivity contribution < 1.29 is 0 Å². The summed E-state index contributed by atoms with van der Waals surface area (Å²) in [6.45, 7) is 2.06. The number of allylic oxidation sites excluding steroid dienone is 4. The molecule has 0 amide bonds. The number of benzene rings is 3. The Bertz CT molecular complexity index is 900. The molecule has 0 radical (unpaired) electrons. The molecule has 3 aromatic rings. The minimum Gasteiger partial charge on any atom is -0.115 e. The summed E-state index contributed by atoms with van der Waals surface area (Å²) >= 11 is 0. The van der Waals surface area contributed by atoms with E-state index in [0.29, 0.717) is 0 Å². The normalized spacial score (nSPS) is 11.3. The van der Waals surface area contributed by atoms with Crippen molar-refractivity contribution in [3.63, 3.8) is 0 Å². The third kappa shape index (κ3) is 4.05. The Morgan fingerprint density at radius 3 is 1.81 bits per heavy atom. The zero-order valence-corrected chi connectivity index (χ0v) is 15.0. The molecule has 0 aliphatic carbocycles. The third-order valence-electron chi connectivity index (χ3n) is 4.49. The first-order valence-electron chi connectivity index (χ1n) is 8.84. The standard InChI is InChI=1S/C25H21B/c1-3-5-17-22(4-2)26-25-23(20-13-8-6-9-14-20)18-12-19-24(25)21-15-10-7-11-16-21/h1,4-19,26H,2H3/b17-5-,22-4+. The van der Waals surface area contributed by atoms with Gasteiger partial charge in [0, 0.05) is 0 Å². The van der Waals surface area contributed by atoms with E-state index in [2.05, 4.69) is 97.8 Å². The van der Waals surface area contributed by atoms with Crippen molar-refractivity contribution in [3.8, 4) is 34.6 Å². The van der Waals surface area contributed by atoms with Crippen LogP contribution in [-0.4, -0.2) is 7.28 Å².